The molecule has 1 saturated heterocycles. The van der Waals surface area contributed by atoms with Crippen LogP contribution in [-0.4, -0.2) is 50.4 Å². The minimum atomic E-state index is 0.0461. The molecule has 3 amide bonds. The Hall–Kier alpha value is -2.05. The number of rotatable bonds is 3. The molecule has 7 nitrogen and oxygen atoms in total. The molecule has 1 aliphatic carbocycles. The predicted molar refractivity (Wildman–Crippen MR) is 92.7 cm³/mol. The standard InChI is InChI=1S/C18H27N5O2/c24-17-7-3-8-21(17)11-15-16-12-22(9-4-10-23(16)13-19-15)18(25)20-14-5-1-2-6-14/h13-14H,1-12H2,(H,20,25). The van der Waals surface area contributed by atoms with E-state index in [4.69, 9.17) is 0 Å². The number of hydrogen-bond acceptors (Lipinski definition) is 3. The van der Waals surface area contributed by atoms with Gasteiger partial charge in [-0.15, -0.1) is 0 Å². The van der Waals surface area contributed by atoms with E-state index in [1.807, 2.05) is 16.1 Å². The number of carbonyl (C=O) groups excluding carboxylic acids is 2. The Morgan fingerprint density at radius 2 is 2.00 bits per heavy atom. The first-order valence-electron chi connectivity index (χ1n) is 9.57. The number of imidazole rings is 1. The largest absolute Gasteiger partial charge is 0.337 e. The maximum absolute atomic E-state index is 12.7. The van der Waals surface area contributed by atoms with Crippen LogP contribution in [0, 0.1) is 0 Å². The van der Waals surface area contributed by atoms with Crippen LogP contribution in [0.5, 0.6) is 0 Å². The van der Waals surface area contributed by atoms with E-state index in [0.717, 1.165) is 56.7 Å². The van der Waals surface area contributed by atoms with E-state index in [1.54, 1.807) is 0 Å². The fourth-order valence-electron chi connectivity index (χ4n) is 4.21. The van der Waals surface area contributed by atoms with E-state index < -0.39 is 0 Å². The fourth-order valence-corrected chi connectivity index (χ4v) is 4.21. The number of carbonyl (C=O) groups is 2. The first kappa shape index (κ1) is 16.4. The molecule has 136 valence electrons. The zero-order chi connectivity index (χ0) is 17.2. The van der Waals surface area contributed by atoms with Crippen molar-refractivity contribution in [1.29, 1.82) is 0 Å². The molecule has 0 radical (unpaired) electrons. The first-order chi connectivity index (χ1) is 12.2. The molecule has 0 aromatic carbocycles. The van der Waals surface area contributed by atoms with Gasteiger partial charge in [-0.2, -0.15) is 0 Å². The molecular weight excluding hydrogens is 318 g/mol. The third-order valence-electron chi connectivity index (χ3n) is 5.68. The number of likely N-dealkylation sites (tertiary alicyclic amines) is 1. The van der Waals surface area contributed by atoms with Gasteiger partial charge in [0.15, 0.2) is 0 Å². The van der Waals surface area contributed by atoms with Gasteiger partial charge in [0.05, 0.1) is 30.8 Å². The van der Waals surface area contributed by atoms with Crippen LogP contribution in [0.1, 0.15) is 56.3 Å². The van der Waals surface area contributed by atoms with E-state index in [0.29, 0.717) is 25.6 Å². The summed E-state index contributed by atoms with van der Waals surface area (Å²) in [5.74, 6) is 0.214. The van der Waals surface area contributed by atoms with E-state index >= 15 is 0 Å². The normalized spacial score (nSPS) is 21.5. The molecule has 0 atom stereocenters. The summed E-state index contributed by atoms with van der Waals surface area (Å²) in [5.41, 5.74) is 2.02. The smallest absolute Gasteiger partial charge is 0.317 e. The molecular formula is C18H27N5O2. The molecule has 0 bridgehead atoms. The SMILES string of the molecule is O=C1CCCN1Cc1ncn2c1CN(C(=O)NC1CCCC1)CCC2. The lowest BCUT2D eigenvalue weighted by Crippen LogP contribution is -2.43. The topological polar surface area (TPSA) is 70.5 Å². The molecule has 0 unspecified atom stereocenters. The van der Waals surface area contributed by atoms with Gasteiger partial charge >= 0.3 is 6.03 Å². The summed E-state index contributed by atoms with van der Waals surface area (Å²) in [5, 5.41) is 3.19. The van der Waals surface area contributed by atoms with Crippen LogP contribution in [0.25, 0.3) is 0 Å². The van der Waals surface area contributed by atoms with Crippen LogP contribution in [0.4, 0.5) is 4.79 Å². The van der Waals surface area contributed by atoms with Crippen molar-refractivity contribution in [2.75, 3.05) is 13.1 Å². The Bertz CT molecular complexity index is 650. The third-order valence-corrected chi connectivity index (χ3v) is 5.68. The van der Waals surface area contributed by atoms with Gasteiger partial charge in [-0.3, -0.25) is 4.79 Å². The minimum Gasteiger partial charge on any atom is -0.337 e. The Labute approximate surface area is 148 Å². The lowest BCUT2D eigenvalue weighted by Gasteiger charge is -2.24. The zero-order valence-corrected chi connectivity index (χ0v) is 14.7. The van der Waals surface area contributed by atoms with Crippen LogP contribution < -0.4 is 5.32 Å². The molecule has 2 aliphatic heterocycles. The molecule has 1 saturated carbocycles. The Morgan fingerprint density at radius 3 is 2.76 bits per heavy atom. The number of aryl methyl sites for hydroxylation is 1. The molecule has 1 N–H and O–H groups in total. The van der Waals surface area contributed by atoms with Gasteiger partial charge < -0.3 is 19.7 Å². The van der Waals surface area contributed by atoms with Crippen molar-refractivity contribution in [3.63, 3.8) is 0 Å². The quantitative estimate of drug-likeness (QED) is 0.909. The van der Waals surface area contributed by atoms with Gasteiger partial charge in [0.25, 0.3) is 0 Å². The molecule has 7 heteroatoms. The maximum Gasteiger partial charge on any atom is 0.317 e. The molecule has 0 spiro atoms. The fraction of sp³-hybridized carbons (Fsp3) is 0.722. The molecule has 25 heavy (non-hydrogen) atoms. The second-order valence-electron chi connectivity index (χ2n) is 7.46. The summed E-state index contributed by atoms with van der Waals surface area (Å²) >= 11 is 0. The number of hydrogen-bond donors (Lipinski definition) is 1. The lowest BCUT2D eigenvalue weighted by atomic mass is 10.2. The van der Waals surface area contributed by atoms with Gasteiger partial charge in [-0.1, -0.05) is 12.8 Å². The maximum atomic E-state index is 12.7. The molecule has 4 rings (SSSR count). The predicted octanol–water partition coefficient (Wildman–Crippen LogP) is 1.86. The number of nitrogens with zero attached hydrogens (tertiary/aromatic N) is 4. The van der Waals surface area contributed by atoms with Gasteiger partial charge in [0.1, 0.15) is 0 Å². The molecule has 3 aliphatic rings. The monoisotopic (exact) mass is 345 g/mol. The highest BCUT2D eigenvalue weighted by atomic mass is 16.2. The second kappa shape index (κ2) is 7.06. The lowest BCUT2D eigenvalue weighted by molar-refractivity contribution is -0.128. The van der Waals surface area contributed by atoms with E-state index in [9.17, 15) is 9.59 Å². The molecule has 3 heterocycles. The average molecular weight is 345 g/mol. The summed E-state index contributed by atoms with van der Waals surface area (Å²) in [6, 6.07) is 0.382. The highest BCUT2D eigenvalue weighted by Crippen LogP contribution is 2.22. The minimum absolute atomic E-state index is 0.0461. The summed E-state index contributed by atoms with van der Waals surface area (Å²) in [6.07, 6.45) is 9.00. The third kappa shape index (κ3) is 3.50. The van der Waals surface area contributed by atoms with Crippen molar-refractivity contribution in [2.45, 2.75) is 70.6 Å². The van der Waals surface area contributed by atoms with Crippen molar-refractivity contribution in [3.05, 3.63) is 17.7 Å². The molecule has 1 aromatic rings. The van der Waals surface area contributed by atoms with Gasteiger partial charge in [0, 0.05) is 32.1 Å². The van der Waals surface area contributed by atoms with Crippen LogP contribution >= 0.6 is 0 Å². The summed E-state index contributed by atoms with van der Waals surface area (Å²) in [4.78, 5) is 32.9. The first-order valence-corrected chi connectivity index (χ1v) is 9.57. The number of amides is 3. The highest BCUT2D eigenvalue weighted by molar-refractivity contribution is 5.78. The summed E-state index contributed by atoms with van der Waals surface area (Å²) in [6.45, 7) is 3.61. The van der Waals surface area contributed by atoms with E-state index in [1.165, 1.54) is 12.8 Å². The number of urea groups is 1. The summed E-state index contributed by atoms with van der Waals surface area (Å²) < 4.78 is 2.15. The van der Waals surface area contributed by atoms with Gasteiger partial charge in [0.2, 0.25) is 5.91 Å². The number of aromatic nitrogens is 2. The molecule has 2 fully saturated rings. The summed E-state index contributed by atoms with van der Waals surface area (Å²) in [7, 11) is 0. The van der Waals surface area contributed by atoms with Crippen molar-refractivity contribution in [3.8, 4) is 0 Å². The van der Waals surface area contributed by atoms with Crippen LogP contribution in [0.2, 0.25) is 0 Å². The molecule has 1 aromatic heterocycles. The highest BCUT2D eigenvalue weighted by Gasteiger charge is 2.27. The van der Waals surface area contributed by atoms with Crippen LogP contribution in [0.3, 0.4) is 0 Å². The van der Waals surface area contributed by atoms with E-state index in [-0.39, 0.29) is 11.9 Å². The van der Waals surface area contributed by atoms with Crippen molar-refractivity contribution in [2.24, 2.45) is 0 Å². The van der Waals surface area contributed by atoms with E-state index in [2.05, 4.69) is 14.9 Å². The van der Waals surface area contributed by atoms with Gasteiger partial charge in [-0.05, 0) is 25.7 Å². The Kier molecular flexibility index (Phi) is 4.63. The van der Waals surface area contributed by atoms with Crippen molar-refractivity contribution in [1.82, 2.24) is 24.7 Å². The van der Waals surface area contributed by atoms with Crippen LogP contribution in [-0.2, 0) is 24.4 Å². The second-order valence-corrected chi connectivity index (χ2v) is 7.46. The van der Waals surface area contributed by atoms with Crippen LogP contribution in [0.15, 0.2) is 6.33 Å². The Balaban J connectivity index is 1.46. The van der Waals surface area contributed by atoms with Crippen molar-refractivity contribution < 1.29 is 9.59 Å². The van der Waals surface area contributed by atoms with Crippen molar-refractivity contribution >= 4 is 11.9 Å². The van der Waals surface area contributed by atoms with Gasteiger partial charge in [-0.25, -0.2) is 9.78 Å². The zero-order valence-electron chi connectivity index (χ0n) is 14.7. The average Bonchev–Trinajstić information content (AvgIpc) is 3.29. The Morgan fingerprint density at radius 1 is 1.16 bits per heavy atom. The number of nitrogens with one attached hydrogen (secondary N) is 1. The number of fused-ring (bicyclic) bond motifs is 1.